The lowest BCUT2D eigenvalue weighted by Gasteiger charge is -2.35. The molecule has 3 aliphatic rings. The fourth-order valence-electron chi connectivity index (χ4n) is 9.38. The van der Waals surface area contributed by atoms with Gasteiger partial charge in [0.25, 0.3) is 11.5 Å². The maximum absolute atomic E-state index is 14.0. The molecule has 2 saturated heterocycles. The van der Waals surface area contributed by atoms with Crippen molar-refractivity contribution < 1.29 is 14.3 Å². The first-order valence-corrected chi connectivity index (χ1v) is 23.0. The van der Waals surface area contributed by atoms with Crippen LogP contribution in [0.4, 0.5) is 11.4 Å². The van der Waals surface area contributed by atoms with E-state index >= 15 is 0 Å². The van der Waals surface area contributed by atoms with Crippen LogP contribution in [0.3, 0.4) is 0 Å². The minimum Gasteiger partial charge on any atom is -0.497 e. The highest BCUT2D eigenvalue weighted by Gasteiger charge is 2.33. The van der Waals surface area contributed by atoms with E-state index in [1.807, 2.05) is 48.9 Å². The molecule has 5 aromatic heterocycles. The molecule has 2 fully saturated rings. The predicted molar refractivity (Wildman–Crippen MR) is 244 cm³/mol. The van der Waals surface area contributed by atoms with Gasteiger partial charge < -0.3 is 34.9 Å². The van der Waals surface area contributed by atoms with Crippen LogP contribution in [0.2, 0.25) is 0 Å². The Morgan fingerprint density at radius 3 is 2.70 bits per heavy atom. The van der Waals surface area contributed by atoms with Gasteiger partial charge in [0.2, 0.25) is 0 Å². The van der Waals surface area contributed by atoms with Crippen LogP contribution in [0.5, 0.6) is 5.75 Å². The minimum absolute atomic E-state index is 0.0360. The molecule has 0 spiro atoms. The predicted octanol–water partition coefficient (Wildman–Crippen LogP) is 6.96. The zero-order valence-corrected chi connectivity index (χ0v) is 36.5. The number of carbonyl (C=O) groups excluding carboxylic acids is 1. The van der Waals surface area contributed by atoms with Gasteiger partial charge in [0, 0.05) is 73.6 Å². The first kappa shape index (κ1) is 39.8. The number of nitrogens with one attached hydrogen (secondary N) is 3. The molecule has 15 heteroatoms. The standard InChI is InChI=1S/C46H51N9O4S2/c1-27-9-16-36-39(42(61-45(36)49-27)44(56)51-31-12-10-30-21-34(15-11-29(30)20-31)54-24-32-13-14-33(25-54)50-32)47-17-4-5-18-59-26-38-52-43-41(60-38)37-22-48-55(46(57)40(37)53(43)2)23-28-7-6-8-35(19-28)58-3/h6-9,11,15-16,19,21-22,31-33,47,50H,4-5,10,12-14,17-18,20,23-26H2,1-3H3,(H,51,56)/t31-,32-,33+/m0/s1. The van der Waals surface area contributed by atoms with E-state index in [0.29, 0.717) is 48.8 Å². The average Bonchev–Trinajstić information content (AvgIpc) is 4.02. The van der Waals surface area contributed by atoms with E-state index in [9.17, 15) is 9.59 Å². The van der Waals surface area contributed by atoms with E-state index in [1.165, 1.54) is 45.7 Å². The molecule has 3 N–H and O–H groups in total. The number of thiophene rings is 1. The molecule has 1 aliphatic carbocycles. The molecule has 0 saturated carbocycles. The van der Waals surface area contributed by atoms with E-state index in [4.69, 9.17) is 19.4 Å². The van der Waals surface area contributed by atoms with Gasteiger partial charge in [-0.25, -0.2) is 14.6 Å². The molecular weight excluding hydrogens is 807 g/mol. The van der Waals surface area contributed by atoms with E-state index < -0.39 is 0 Å². The number of pyridine rings is 1. The Morgan fingerprint density at radius 2 is 1.85 bits per heavy atom. The van der Waals surface area contributed by atoms with Gasteiger partial charge in [0.05, 0.1) is 36.8 Å². The first-order chi connectivity index (χ1) is 29.8. The molecular formula is C46H51N9O4S2. The maximum atomic E-state index is 14.0. The number of rotatable bonds is 14. The van der Waals surface area contributed by atoms with E-state index in [0.717, 1.165) is 98.8 Å². The van der Waals surface area contributed by atoms with Gasteiger partial charge >= 0.3 is 0 Å². The Labute approximate surface area is 362 Å². The second-order valence-corrected chi connectivity index (χ2v) is 18.8. The van der Waals surface area contributed by atoms with Gasteiger partial charge in [-0.15, -0.1) is 22.7 Å². The van der Waals surface area contributed by atoms with Crippen molar-refractivity contribution in [3.8, 4) is 5.75 Å². The van der Waals surface area contributed by atoms with Crippen LogP contribution in [0, 0.1) is 6.92 Å². The zero-order valence-electron chi connectivity index (χ0n) is 34.8. The quantitative estimate of drug-likeness (QED) is 0.0985. The molecule has 61 heavy (non-hydrogen) atoms. The third kappa shape index (κ3) is 8.00. The highest BCUT2D eigenvalue weighted by Crippen LogP contribution is 2.36. The summed E-state index contributed by atoms with van der Waals surface area (Å²) in [6.07, 6.45) is 8.77. The van der Waals surface area contributed by atoms with Crippen molar-refractivity contribution in [2.75, 3.05) is 43.6 Å². The number of unbranched alkanes of at least 4 members (excludes halogenated alkanes) is 1. The number of aryl methyl sites for hydroxylation is 3. The molecule has 0 radical (unpaired) electrons. The van der Waals surface area contributed by atoms with Gasteiger partial charge in [0.15, 0.2) is 5.65 Å². The summed E-state index contributed by atoms with van der Waals surface area (Å²) in [4.78, 5) is 41.2. The summed E-state index contributed by atoms with van der Waals surface area (Å²) in [5.41, 5.74) is 8.01. The van der Waals surface area contributed by atoms with Crippen LogP contribution < -0.4 is 31.1 Å². The smallest absolute Gasteiger partial charge is 0.291 e. The number of nitrogens with zero attached hydrogens (tertiary/aromatic N) is 6. The molecule has 0 unspecified atom stereocenters. The number of methoxy groups -OCH3 is 1. The highest BCUT2D eigenvalue weighted by atomic mass is 32.1. The number of benzene rings is 2. The molecule has 316 valence electrons. The molecule has 1 amide bonds. The van der Waals surface area contributed by atoms with Crippen LogP contribution in [0.1, 0.15) is 69.2 Å². The Morgan fingerprint density at radius 1 is 0.984 bits per heavy atom. The fraction of sp³-hybridized carbons (Fsp3) is 0.413. The molecule has 7 heterocycles. The molecule has 2 aliphatic heterocycles. The minimum atomic E-state index is -0.157. The summed E-state index contributed by atoms with van der Waals surface area (Å²) in [5.74, 6) is 0.704. The number of hydrogen-bond acceptors (Lipinski definition) is 12. The van der Waals surface area contributed by atoms with Crippen LogP contribution >= 0.6 is 22.7 Å². The van der Waals surface area contributed by atoms with E-state index in [-0.39, 0.29) is 17.5 Å². The number of thiazole rings is 1. The number of carbonyl (C=O) groups is 1. The van der Waals surface area contributed by atoms with Crippen molar-refractivity contribution in [1.29, 1.82) is 0 Å². The Hall–Kier alpha value is -5.35. The number of ether oxygens (including phenoxy) is 2. The van der Waals surface area contributed by atoms with Crippen LogP contribution in [0.15, 0.2) is 65.6 Å². The van der Waals surface area contributed by atoms with Crippen molar-refractivity contribution in [3.05, 3.63) is 103 Å². The summed E-state index contributed by atoms with van der Waals surface area (Å²) < 4.78 is 15.7. The van der Waals surface area contributed by atoms with Crippen molar-refractivity contribution >= 4 is 71.4 Å². The second-order valence-electron chi connectivity index (χ2n) is 16.7. The second kappa shape index (κ2) is 16.8. The third-order valence-corrected chi connectivity index (χ3v) is 14.7. The van der Waals surface area contributed by atoms with E-state index in [1.54, 1.807) is 24.6 Å². The van der Waals surface area contributed by atoms with Crippen LogP contribution in [0.25, 0.3) is 31.5 Å². The van der Waals surface area contributed by atoms with Crippen LogP contribution in [-0.2, 0) is 37.8 Å². The number of aromatic nitrogens is 5. The normalized spacial score (nSPS) is 18.6. The zero-order chi connectivity index (χ0) is 41.6. The number of amides is 1. The molecule has 10 rings (SSSR count). The topological polar surface area (TPSA) is 140 Å². The summed E-state index contributed by atoms with van der Waals surface area (Å²) in [7, 11) is 3.51. The fourth-order valence-corrected chi connectivity index (χ4v) is 11.5. The summed E-state index contributed by atoms with van der Waals surface area (Å²) in [6.45, 7) is 6.18. The first-order valence-electron chi connectivity index (χ1n) is 21.4. The lowest BCUT2D eigenvalue weighted by molar-refractivity contribution is 0.0938. The summed E-state index contributed by atoms with van der Waals surface area (Å²) in [6, 6.07) is 20.0. The lowest BCUT2D eigenvalue weighted by atomic mass is 9.87. The Bertz CT molecular complexity index is 2820. The van der Waals surface area contributed by atoms with Crippen molar-refractivity contribution in [2.24, 2.45) is 7.05 Å². The van der Waals surface area contributed by atoms with Gasteiger partial charge in [0.1, 0.15) is 26.0 Å². The molecule has 3 atom stereocenters. The van der Waals surface area contributed by atoms with E-state index in [2.05, 4.69) is 50.2 Å². The summed E-state index contributed by atoms with van der Waals surface area (Å²) in [5, 5.41) is 17.9. The van der Waals surface area contributed by atoms with Gasteiger partial charge in [-0.05, 0) is 105 Å². The third-order valence-electron chi connectivity index (χ3n) is 12.5. The Kier molecular flexibility index (Phi) is 11.0. The number of fused-ring (bicyclic) bond motifs is 7. The van der Waals surface area contributed by atoms with Crippen molar-refractivity contribution in [3.63, 3.8) is 0 Å². The molecule has 7 aromatic rings. The molecule has 13 nitrogen and oxygen atoms in total. The monoisotopic (exact) mass is 857 g/mol. The van der Waals surface area contributed by atoms with Gasteiger partial charge in [-0.2, -0.15) is 5.10 Å². The molecule has 2 aromatic carbocycles. The average molecular weight is 858 g/mol. The molecule has 2 bridgehead atoms. The van der Waals surface area contributed by atoms with Gasteiger partial charge in [-0.1, -0.05) is 18.2 Å². The van der Waals surface area contributed by atoms with Crippen LogP contribution in [-0.4, -0.2) is 81.7 Å². The SMILES string of the molecule is COc1cccc(Cn2ncc3c4sc(COCCCCNc5c(C(=O)N[C@H]6CCc7cc(N8C[C@H]9CC[C@@H](C8)N9)ccc7C6)sc6nc(C)ccc56)nc4n(C)c3c2=O)c1. The maximum Gasteiger partial charge on any atom is 0.291 e. The summed E-state index contributed by atoms with van der Waals surface area (Å²) >= 11 is 3.00. The largest absolute Gasteiger partial charge is 0.497 e. The lowest BCUT2D eigenvalue weighted by Crippen LogP contribution is -2.51. The van der Waals surface area contributed by atoms with Gasteiger partial charge in [-0.3, -0.25) is 9.59 Å². The number of anilines is 2. The highest BCUT2D eigenvalue weighted by molar-refractivity contribution is 7.21. The van der Waals surface area contributed by atoms with Crippen molar-refractivity contribution in [2.45, 2.75) is 83.1 Å². The Balaban J connectivity index is 0.731. The number of hydrogen-bond donors (Lipinski definition) is 3. The van der Waals surface area contributed by atoms with Crippen molar-refractivity contribution in [1.82, 2.24) is 34.9 Å². The number of piperazine rings is 1.